The van der Waals surface area contributed by atoms with Crippen LogP contribution < -0.4 is 10.0 Å². The molecular formula is C16H16N2O5S. The van der Waals surface area contributed by atoms with Crippen LogP contribution >= 0.6 is 0 Å². The van der Waals surface area contributed by atoms with E-state index in [1.807, 2.05) is 0 Å². The van der Waals surface area contributed by atoms with Gasteiger partial charge in [-0.25, -0.2) is 13.1 Å². The first-order valence-corrected chi connectivity index (χ1v) is 8.81. The Hall–Kier alpha value is -2.61. The summed E-state index contributed by atoms with van der Waals surface area (Å²) >= 11 is 0. The summed E-state index contributed by atoms with van der Waals surface area (Å²) in [6.07, 6.45) is 2.16. The van der Waals surface area contributed by atoms with Crippen molar-refractivity contribution in [2.24, 2.45) is 0 Å². The Labute approximate surface area is 139 Å². The molecule has 1 aliphatic heterocycles. The minimum absolute atomic E-state index is 0.0236. The summed E-state index contributed by atoms with van der Waals surface area (Å²) in [5.41, 5.74) is 2.09. The van der Waals surface area contributed by atoms with Crippen molar-refractivity contribution in [2.75, 3.05) is 5.32 Å². The topological polar surface area (TPSA) is 105 Å². The Balaban J connectivity index is 1.89. The molecule has 126 valence electrons. The average molecular weight is 348 g/mol. The number of hydrogen-bond acceptors (Lipinski definition) is 5. The SMILES string of the molecule is Cc1coc(C)c1C(=O)NS(=O)(=O)c1ccc2c(c1)CCC(=O)N2. The number of fused-ring (bicyclic) bond motifs is 1. The first-order valence-electron chi connectivity index (χ1n) is 7.32. The number of amides is 2. The van der Waals surface area contributed by atoms with Crippen molar-refractivity contribution in [3.05, 3.63) is 46.9 Å². The van der Waals surface area contributed by atoms with Crippen LogP contribution in [0, 0.1) is 13.8 Å². The zero-order chi connectivity index (χ0) is 17.5. The van der Waals surface area contributed by atoms with Gasteiger partial charge in [-0.2, -0.15) is 0 Å². The van der Waals surface area contributed by atoms with Crippen LogP contribution in [-0.2, 0) is 21.2 Å². The maximum absolute atomic E-state index is 12.5. The largest absolute Gasteiger partial charge is 0.469 e. The van der Waals surface area contributed by atoms with Crippen LogP contribution in [0.25, 0.3) is 0 Å². The highest BCUT2D eigenvalue weighted by Crippen LogP contribution is 2.25. The van der Waals surface area contributed by atoms with E-state index in [1.165, 1.54) is 24.5 Å². The average Bonchev–Trinajstić information content (AvgIpc) is 2.85. The van der Waals surface area contributed by atoms with E-state index in [2.05, 4.69) is 10.0 Å². The maximum Gasteiger partial charge on any atom is 0.268 e. The molecule has 0 unspecified atom stereocenters. The van der Waals surface area contributed by atoms with E-state index in [0.29, 0.717) is 29.9 Å². The Morgan fingerprint density at radius 1 is 1.25 bits per heavy atom. The second kappa shape index (κ2) is 5.79. The van der Waals surface area contributed by atoms with E-state index in [0.717, 1.165) is 5.56 Å². The van der Waals surface area contributed by atoms with Crippen LogP contribution in [0.15, 0.2) is 33.8 Å². The number of rotatable bonds is 3. The van der Waals surface area contributed by atoms with E-state index < -0.39 is 15.9 Å². The number of sulfonamides is 1. The predicted molar refractivity (Wildman–Crippen MR) is 86.2 cm³/mol. The van der Waals surface area contributed by atoms with E-state index >= 15 is 0 Å². The van der Waals surface area contributed by atoms with Crippen LogP contribution in [0.1, 0.15) is 33.7 Å². The van der Waals surface area contributed by atoms with Crippen molar-refractivity contribution in [3.8, 4) is 0 Å². The number of nitrogens with one attached hydrogen (secondary N) is 2. The van der Waals surface area contributed by atoms with Gasteiger partial charge in [0.25, 0.3) is 15.9 Å². The molecule has 1 aromatic heterocycles. The molecule has 0 spiro atoms. The van der Waals surface area contributed by atoms with Gasteiger partial charge in [0.2, 0.25) is 5.91 Å². The molecule has 1 aromatic carbocycles. The fourth-order valence-corrected chi connectivity index (χ4v) is 3.68. The summed E-state index contributed by atoms with van der Waals surface area (Å²) < 4.78 is 32.1. The maximum atomic E-state index is 12.5. The lowest BCUT2D eigenvalue weighted by molar-refractivity contribution is -0.116. The quantitative estimate of drug-likeness (QED) is 0.881. The highest BCUT2D eigenvalue weighted by atomic mass is 32.2. The van der Waals surface area contributed by atoms with Crippen LogP contribution in [-0.4, -0.2) is 20.2 Å². The predicted octanol–water partition coefficient (Wildman–Crippen LogP) is 1.90. The monoisotopic (exact) mass is 348 g/mol. The van der Waals surface area contributed by atoms with Gasteiger partial charge in [-0.15, -0.1) is 0 Å². The highest BCUT2D eigenvalue weighted by Gasteiger charge is 2.24. The lowest BCUT2D eigenvalue weighted by Gasteiger charge is -2.17. The molecule has 0 fully saturated rings. The molecule has 0 aliphatic carbocycles. The molecule has 2 amide bonds. The number of hydrogen-bond donors (Lipinski definition) is 2. The zero-order valence-corrected chi connectivity index (χ0v) is 14.0. The smallest absolute Gasteiger partial charge is 0.268 e. The van der Waals surface area contributed by atoms with Gasteiger partial charge in [-0.3, -0.25) is 9.59 Å². The van der Waals surface area contributed by atoms with E-state index in [-0.39, 0.29) is 16.4 Å². The zero-order valence-electron chi connectivity index (χ0n) is 13.2. The lowest BCUT2D eigenvalue weighted by atomic mass is 10.0. The van der Waals surface area contributed by atoms with E-state index in [1.54, 1.807) is 13.8 Å². The van der Waals surface area contributed by atoms with Crippen LogP contribution in [0.3, 0.4) is 0 Å². The van der Waals surface area contributed by atoms with Gasteiger partial charge in [-0.05, 0) is 44.0 Å². The second-order valence-corrected chi connectivity index (χ2v) is 7.33. The van der Waals surface area contributed by atoms with E-state index in [4.69, 9.17) is 4.42 Å². The molecule has 2 heterocycles. The van der Waals surface area contributed by atoms with Crippen molar-refractivity contribution in [1.82, 2.24) is 4.72 Å². The minimum Gasteiger partial charge on any atom is -0.469 e. The lowest BCUT2D eigenvalue weighted by Crippen LogP contribution is -2.31. The van der Waals surface area contributed by atoms with Crippen LogP contribution in [0.5, 0.6) is 0 Å². The number of aryl methyl sites for hydroxylation is 3. The fraction of sp³-hybridized carbons (Fsp3) is 0.250. The Kier molecular flexibility index (Phi) is 3.92. The Morgan fingerprint density at radius 2 is 2.00 bits per heavy atom. The first-order chi connectivity index (χ1) is 11.3. The number of anilines is 1. The molecule has 3 rings (SSSR count). The van der Waals surface area contributed by atoms with Gasteiger partial charge in [0.1, 0.15) is 5.76 Å². The normalized spacial score (nSPS) is 14.0. The van der Waals surface area contributed by atoms with Gasteiger partial charge in [0.15, 0.2) is 0 Å². The third-order valence-electron chi connectivity index (χ3n) is 3.90. The molecule has 8 heteroatoms. The van der Waals surface area contributed by atoms with Gasteiger partial charge >= 0.3 is 0 Å². The highest BCUT2D eigenvalue weighted by molar-refractivity contribution is 7.90. The summed E-state index contributed by atoms with van der Waals surface area (Å²) in [6.45, 7) is 3.26. The third kappa shape index (κ3) is 2.92. The molecule has 7 nitrogen and oxygen atoms in total. The molecule has 1 aliphatic rings. The number of carbonyl (C=O) groups is 2. The first kappa shape index (κ1) is 16.3. The van der Waals surface area contributed by atoms with Crippen LogP contribution in [0.2, 0.25) is 0 Å². The van der Waals surface area contributed by atoms with Gasteiger partial charge in [0, 0.05) is 17.7 Å². The Bertz CT molecular complexity index is 924. The summed E-state index contributed by atoms with van der Waals surface area (Å²) in [7, 11) is -4.02. The Morgan fingerprint density at radius 3 is 2.67 bits per heavy atom. The van der Waals surface area contributed by atoms with Crippen molar-refractivity contribution in [2.45, 2.75) is 31.6 Å². The summed E-state index contributed by atoms with van der Waals surface area (Å²) in [5.74, 6) is -0.476. The molecular weight excluding hydrogens is 332 g/mol. The van der Waals surface area contributed by atoms with Gasteiger partial charge in [-0.1, -0.05) is 0 Å². The molecule has 2 aromatic rings. The summed E-state index contributed by atoms with van der Waals surface area (Å²) in [4.78, 5) is 23.6. The third-order valence-corrected chi connectivity index (χ3v) is 5.22. The molecule has 0 bridgehead atoms. The summed E-state index contributed by atoms with van der Waals surface area (Å²) in [6, 6.07) is 4.36. The molecule has 24 heavy (non-hydrogen) atoms. The van der Waals surface area contributed by atoms with Crippen molar-refractivity contribution in [1.29, 1.82) is 0 Å². The molecule has 0 atom stereocenters. The number of carbonyl (C=O) groups excluding carboxylic acids is 2. The minimum atomic E-state index is -4.02. The molecule has 0 saturated carbocycles. The van der Waals surface area contributed by atoms with Gasteiger partial charge in [0.05, 0.1) is 16.7 Å². The van der Waals surface area contributed by atoms with E-state index in [9.17, 15) is 18.0 Å². The van der Waals surface area contributed by atoms with Crippen molar-refractivity contribution < 1.29 is 22.4 Å². The summed E-state index contributed by atoms with van der Waals surface area (Å²) in [5, 5.41) is 2.68. The van der Waals surface area contributed by atoms with Crippen molar-refractivity contribution >= 4 is 27.5 Å². The van der Waals surface area contributed by atoms with Crippen molar-refractivity contribution in [3.63, 3.8) is 0 Å². The molecule has 0 radical (unpaired) electrons. The second-order valence-electron chi connectivity index (χ2n) is 5.65. The standard InChI is InChI=1S/C16H16N2O5S/c1-9-8-23-10(2)15(9)16(20)18-24(21,22)12-4-5-13-11(7-12)3-6-14(19)17-13/h4-5,7-8H,3,6H2,1-2H3,(H,17,19)(H,18,20). The number of benzene rings is 1. The fourth-order valence-electron chi connectivity index (χ4n) is 2.67. The molecule has 0 saturated heterocycles. The molecule has 2 N–H and O–H groups in total. The number of furan rings is 1. The van der Waals surface area contributed by atoms with Crippen LogP contribution in [0.4, 0.5) is 5.69 Å². The van der Waals surface area contributed by atoms with Gasteiger partial charge < -0.3 is 9.73 Å².